The zero-order valence-electron chi connectivity index (χ0n) is 25.1. The van der Waals surface area contributed by atoms with Crippen LogP contribution in [-0.4, -0.2) is 78.7 Å². The van der Waals surface area contributed by atoms with E-state index in [1.807, 2.05) is 0 Å². The summed E-state index contributed by atoms with van der Waals surface area (Å²) in [5.41, 5.74) is -1.63. The molecule has 3 heterocycles. The summed E-state index contributed by atoms with van der Waals surface area (Å²) < 4.78 is 38.7. The zero-order valence-corrected chi connectivity index (χ0v) is 25.1. The summed E-state index contributed by atoms with van der Waals surface area (Å²) in [6, 6.07) is 0. The van der Waals surface area contributed by atoms with Crippen molar-refractivity contribution in [3.63, 3.8) is 0 Å². The van der Waals surface area contributed by atoms with Crippen LogP contribution >= 0.6 is 0 Å². The first kappa shape index (κ1) is 28.9. The van der Waals surface area contributed by atoms with E-state index in [4.69, 9.17) is 28.4 Å². The summed E-state index contributed by atoms with van der Waals surface area (Å²) in [6.45, 7) is 12.0. The van der Waals surface area contributed by atoms with E-state index < -0.39 is 11.4 Å². The molecule has 3 aliphatic heterocycles. The summed E-state index contributed by atoms with van der Waals surface area (Å²) in [5, 5.41) is 10.2. The van der Waals surface area contributed by atoms with Crippen LogP contribution in [0.2, 0.25) is 0 Å². The fourth-order valence-corrected chi connectivity index (χ4v) is 9.02. The molecule has 4 bridgehead atoms. The average Bonchev–Trinajstić information content (AvgIpc) is 2.83. The maximum Gasteiger partial charge on any atom is 0.334 e. The molecule has 0 amide bonds. The fourth-order valence-electron chi connectivity index (χ4n) is 9.02. The highest BCUT2D eigenvalue weighted by Gasteiger charge is 2.67. The minimum atomic E-state index is -0.920. The Balaban J connectivity index is 1.33. The number of ether oxygens (including phenoxy) is 6. The molecule has 0 aromatic heterocycles. The van der Waals surface area contributed by atoms with Crippen molar-refractivity contribution in [2.24, 2.45) is 11.3 Å². The summed E-state index contributed by atoms with van der Waals surface area (Å²) in [7, 11) is 0. The number of hydrogen-bond donors (Lipinski definition) is 1. The predicted octanol–water partition coefficient (Wildman–Crippen LogP) is 5.56. The van der Waals surface area contributed by atoms with Crippen LogP contribution in [-0.2, 0) is 33.2 Å². The van der Waals surface area contributed by atoms with Gasteiger partial charge in [-0.1, -0.05) is 20.8 Å². The molecule has 7 fully saturated rings. The number of carboxylic acid groups (broad SMARTS) is 1. The second kappa shape index (κ2) is 10.2. The molecule has 40 heavy (non-hydrogen) atoms. The van der Waals surface area contributed by atoms with Gasteiger partial charge >= 0.3 is 5.97 Å². The zero-order chi connectivity index (χ0) is 28.3. The first-order valence-corrected chi connectivity index (χ1v) is 15.8. The lowest BCUT2D eigenvalue weighted by atomic mass is 9.45. The SMILES string of the molecule is CCC1(COC(=C(C)C(=O)O)C23CC4CC(OCC5(CC)CCO5)(CC(OCC5(CC)CCO5)(C4)C2)C3)CCO1. The van der Waals surface area contributed by atoms with Crippen LogP contribution in [0.1, 0.15) is 105 Å². The van der Waals surface area contributed by atoms with Crippen LogP contribution in [0.25, 0.3) is 0 Å². The van der Waals surface area contributed by atoms with Gasteiger partial charge in [-0.15, -0.1) is 0 Å². The molecule has 5 atom stereocenters. The highest BCUT2D eigenvalue weighted by molar-refractivity contribution is 5.86. The van der Waals surface area contributed by atoms with Gasteiger partial charge in [-0.2, -0.15) is 0 Å². The second-order valence-electron chi connectivity index (χ2n) is 14.2. The van der Waals surface area contributed by atoms with Crippen molar-refractivity contribution >= 4 is 5.97 Å². The molecule has 4 aliphatic carbocycles. The number of allylic oxidation sites excluding steroid dienone is 1. The van der Waals surface area contributed by atoms with E-state index in [0.717, 1.165) is 96.9 Å². The van der Waals surface area contributed by atoms with Crippen molar-refractivity contribution in [1.29, 1.82) is 0 Å². The number of hydrogen-bond acceptors (Lipinski definition) is 7. The van der Waals surface area contributed by atoms with Crippen molar-refractivity contribution in [1.82, 2.24) is 0 Å². The van der Waals surface area contributed by atoms with Crippen molar-refractivity contribution < 1.29 is 38.3 Å². The Morgan fingerprint density at radius 1 is 0.750 bits per heavy atom. The largest absolute Gasteiger partial charge is 0.494 e. The summed E-state index contributed by atoms with van der Waals surface area (Å²) in [5.74, 6) is 0.0937. The number of rotatable bonds is 14. The van der Waals surface area contributed by atoms with Gasteiger partial charge < -0.3 is 33.5 Å². The number of aliphatic carboxylic acids is 1. The Morgan fingerprint density at radius 3 is 1.57 bits per heavy atom. The van der Waals surface area contributed by atoms with Gasteiger partial charge in [-0.25, -0.2) is 4.79 Å². The molecule has 3 saturated heterocycles. The average molecular weight is 563 g/mol. The van der Waals surface area contributed by atoms with Crippen molar-refractivity contribution in [3.8, 4) is 0 Å². The van der Waals surface area contributed by atoms with Gasteiger partial charge in [-0.05, 0) is 64.2 Å². The van der Waals surface area contributed by atoms with Crippen LogP contribution in [0.15, 0.2) is 11.3 Å². The lowest BCUT2D eigenvalue weighted by molar-refractivity contribution is -0.297. The van der Waals surface area contributed by atoms with Crippen LogP contribution in [0.3, 0.4) is 0 Å². The quantitative estimate of drug-likeness (QED) is 0.217. The topological polar surface area (TPSA) is 92.7 Å². The predicted molar refractivity (Wildman–Crippen MR) is 148 cm³/mol. The molecule has 4 saturated carbocycles. The third-order valence-electron chi connectivity index (χ3n) is 11.7. The Labute approximate surface area is 239 Å². The lowest BCUT2D eigenvalue weighted by Crippen LogP contribution is -2.67. The standard InChI is InChI=1S/C32H50O8/c1-5-28(8-11-36-28)20-35-25(23(4)26(33)34)27-14-24-15-31(17-27,39-21-29(6-2)9-12-37-29)19-32(16-24,18-27)40-22-30(7-3)10-13-38-30/h24H,5-22H2,1-4H3,(H,33,34). The molecular weight excluding hydrogens is 512 g/mol. The van der Waals surface area contributed by atoms with Gasteiger partial charge in [0.25, 0.3) is 0 Å². The molecule has 7 rings (SSSR count). The maximum absolute atomic E-state index is 12.5. The van der Waals surface area contributed by atoms with E-state index in [9.17, 15) is 9.90 Å². The summed E-state index contributed by atoms with van der Waals surface area (Å²) in [6.07, 6.45) is 10.9. The molecule has 0 radical (unpaired) electrons. The molecule has 0 aromatic rings. The van der Waals surface area contributed by atoms with E-state index in [1.54, 1.807) is 6.92 Å². The van der Waals surface area contributed by atoms with E-state index in [2.05, 4.69) is 20.8 Å². The minimum Gasteiger partial charge on any atom is -0.494 e. The third-order valence-corrected chi connectivity index (χ3v) is 11.7. The van der Waals surface area contributed by atoms with Gasteiger partial charge in [-0.3, -0.25) is 0 Å². The number of carbonyl (C=O) groups is 1. The van der Waals surface area contributed by atoms with Crippen LogP contribution in [0.4, 0.5) is 0 Å². The molecule has 5 unspecified atom stereocenters. The Bertz CT molecular complexity index is 948. The molecule has 1 N–H and O–H groups in total. The van der Waals surface area contributed by atoms with Crippen molar-refractivity contribution in [2.45, 2.75) is 133 Å². The van der Waals surface area contributed by atoms with E-state index in [-0.39, 0.29) is 28.0 Å². The number of carboxylic acids is 1. The lowest BCUT2D eigenvalue weighted by Gasteiger charge is -2.66. The second-order valence-corrected chi connectivity index (χ2v) is 14.2. The highest BCUT2D eigenvalue weighted by Crippen LogP contribution is 2.68. The van der Waals surface area contributed by atoms with Gasteiger partial charge in [0.1, 0.15) is 18.0 Å². The Hall–Kier alpha value is -1.19. The van der Waals surface area contributed by atoms with E-state index >= 15 is 0 Å². The molecule has 7 aliphatic rings. The normalized spacial score (nSPS) is 45.8. The monoisotopic (exact) mass is 562 g/mol. The molecule has 8 heteroatoms. The summed E-state index contributed by atoms with van der Waals surface area (Å²) in [4.78, 5) is 12.5. The maximum atomic E-state index is 12.5. The van der Waals surface area contributed by atoms with Gasteiger partial charge in [0, 0.05) is 31.1 Å². The molecule has 0 aromatic carbocycles. The first-order valence-electron chi connectivity index (χ1n) is 15.8. The van der Waals surface area contributed by atoms with Gasteiger partial charge in [0.15, 0.2) is 0 Å². The minimum absolute atomic E-state index is 0.197. The van der Waals surface area contributed by atoms with E-state index in [0.29, 0.717) is 37.1 Å². The molecule has 0 spiro atoms. The summed E-state index contributed by atoms with van der Waals surface area (Å²) >= 11 is 0. The van der Waals surface area contributed by atoms with E-state index in [1.165, 1.54) is 0 Å². The van der Waals surface area contributed by atoms with Crippen LogP contribution < -0.4 is 0 Å². The van der Waals surface area contributed by atoms with Crippen LogP contribution in [0, 0.1) is 11.3 Å². The van der Waals surface area contributed by atoms with Gasteiger partial charge in [0.2, 0.25) is 0 Å². The molecular formula is C32H50O8. The van der Waals surface area contributed by atoms with Crippen molar-refractivity contribution in [2.75, 3.05) is 39.6 Å². The van der Waals surface area contributed by atoms with Crippen LogP contribution in [0.5, 0.6) is 0 Å². The third kappa shape index (κ3) is 4.83. The highest BCUT2D eigenvalue weighted by atomic mass is 16.6. The first-order chi connectivity index (χ1) is 19.1. The molecule has 226 valence electrons. The molecule has 8 nitrogen and oxygen atoms in total. The van der Waals surface area contributed by atoms with Crippen molar-refractivity contribution in [3.05, 3.63) is 11.3 Å². The van der Waals surface area contributed by atoms with Gasteiger partial charge in [0.05, 0.1) is 61.0 Å². The Morgan fingerprint density at radius 2 is 1.20 bits per heavy atom. The fraction of sp³-hybridized carbons (Fsp3) is 0.906. The Kier molecular flexibility index (Phi) is 7.38. The smallest absolute Gasteiger partial charge is 0.334 e.